The Labute approximate surface area is 187 Å². The minimum Gasteiger partial charge on any atom is -0.357 e. The SMILES string of the molecule is FC(F)(F)Cc1cc2c(N3CCN(Cc4cnn(C5CCCCO5)c4)CC3)ncnc2s1. The zero-order chi connectivity index (χ0) is 22.1. The molecule has 0 N–H and O–H groups in total. The van der Waals surface area contributed by atoms with Gasteiger partial charge in [0, 0.05) is 56.0 Å². The minimum absolute atomic E-state index is 0.0439. The number of hydrogen-bond donors (Lipinski definition) is 0. The topological polar surface area (TPSA) is 59.3 Å². The van der Waals surface area contributed by atoms with Gasteiger partial charge in [-0.1, -0.05) is 0 Å². The molecule has 2 aliphatic heterocycles. The van der Waals surface area contributed by atoms with Crippen molar-refractivity contribution >= 4 is 27.4 Å². The lowest BCUT2D eigenvalue weighted by atomic mass is 10.2. The van der Waals surface area contributed by atoms with Gasteiger partial charge >= 0.3 is 6.18 Å². The standard InChI is InChI=1S/C21H25F3N6OS/c22-21(23,24)10-16-9-17-19(25-14-26-20(17)32-16)29-6-4-28(5-7-29)12-15-11-27-30(13-15)18-3-1-2-8-31-18/h9,11,13-14,18H,1-8,10,12H2. The van der Waals surface area contributed by atoms with Gasteiger partial charge in [-0.2, -0.15) is 18.3 Å². The number of anilines is 1. The number of thiophene rings is 1. The van der Waals surface area contributed by atoms with Crippen molar-refractivity contribution < 1.29 is 17.9 Å². The van der Waals surface area contributed by atoms with Crippen molar-refractivity contribution in [1.29, 1.82) is 0 Å². The lowest BCUT2D eigenvalue weighted by Gasteiger charge is -2.35. The fraction of sp³-hybridized carbons (Fsp3) is 0.571. The van der Waals surface area contributed by atoms with E-state index >= 15 is 0 Å². The van der Waals surface area contributed by atoms with E-state index in [0.29, 0.717) is 10.2 Å². The number of halogens is 3. The van der Waals surface area contributed by atoms with E-state index in [0.717, 1.165) is 74.9 Å². The van der Waals surface area contributed by atoms with Gasteiger partial charge in [0.2, 0.25) is 0 Å². The summed E-state index contributed by atoms with van der Waals surface area (Å²) in [7, 11) is 0. The molecule has 7 nitrogen and oxygen atoms in total. The maximum atomic E-state index is 12.8. The Morgan fingerprint density at radius 2 is 1.97 bits per heavy atom. The van der Waals surface area contributed by atoms with Crippen molar-refractivity contribution in [2.24, 2.45) is 0 Å². The third-order valence-electron chi connectivity index (χ3n) is 5.92. The van der Waals surface area contributed by atoms with Gasteiger partial charge < -0.3 is 9.64 Å². The smallest absolute Gasteiger partial charge is 0.357 e. The van der Waals surface area contributed by atoms with Gasteiger partial charge in [0.05, 0.1) is 18.0 Å². The van der Waals surface area contributed by atoms with E-state index in [1.54, 1.807) is 6.07 Å². The van der Waals surface area contributed by atoms with E-state index in [9.17, 15) is 13.2 Å². The summed E-state index contributed by atoms with van der Waals surface area (Å²) in [5, 5.41) is 5.20. The average Bonchev–Trinajstić information content (AvgIpc) is 3.40. The second kappa shape index (κ2) is 8.95. The fourth-order valence-electron chi connectivity index (χ4n) is 4.35. The number of alkyl halides is 3. The Balaban J connectivity index is 1.21. The summed E-state index contributed by atoms with van der Waals surface area (Å²) in [4.78, 5) is 14.0. The highest BCUT2D eigenvalue weighted by molar-refractivity contribution is 7.18. The van der Waals surface area contributed by atoms with Crippen LogP contribution in [0.3, 0.4) is 0 Å². The molecule has 11 heteroatoms. The van der Waals surface area contributed by atoms with Crippen LogP contribution in [0.15, 0.2) is 24.8 Å². The zero-order valence-electron chi connectivity index (χ0n) is 17.6. The summed E-state index contributed by atoms with van der Waals surface area (Å²) in [5.41, 5.74) is 1.16. The molecule has 2 fully saturated rings. The van der Waals surface area contributed by atoms with Crippen molar-refractivity contribution in [3.8, 4) is 0 Å². The van der Waals surface area contributed by atoms with Crippen LogP contribution < -0.4 is 4.90 Å². The number of hydrogen-bond acceptors (Lipinski definition) is 7. The van der Waals surface area contributed by atoms with Crippen LogP contribution in [0.1, 0.15) is 35.9 Å². The molecular weight excluding hydrogens is 441 g/mol. The Kier molecular flexibility index (Phi) is 6.04. The molecule has 2 saturated heterocycles. The largest absolute Gasteiger partial charge is 0.393 e. The highest BCUT2D eigenvalue weighted by Crippen LogP contribution is 2.34. The van der Waals surface area contributed by atoms with Crippen molar-refractivity contribution in [1.82, 2.24) is 24.6 Å². The van der Waals surface area contributed by atoms with Gasteiger partial charge in [-0.05, 0) is 25.3 Å². The number of nitrogens with zero attached hydrogens (tertiary/aromatic N) is 6. The third kappa shape index (κ3) is 4.89. The predicted molar refractivity (Wildman–Crippen MR) is 116 cm³/mol. The van der Waals surface area contributed by atoms with E-state index in [1.165, 1.54) is 12.7 Å². The van der Waals surface area contributed by atoms with E-state index in [2.05, 4.69) is 31.1 Å². The van der Waals surface area contributed by atoms with Crippen LogP contribution in [0.5, 0.6) is 0 Å². The normalized spacial score (nSPS) is 20.8. The molecule has 5 heterocycles. The van der Waals surface area contributed by atoms with Crippen LogP contribution in [0, 0.1) is 0 Å². The monoisotopic (exact) mass is 466 g/mol. The predicted octanol–water partition coefficient (Wildman–Crippen LogP) is 4.01. The van der Waals surface area contributed by atoms with Gasteiger partial charge in [0.1, 0.15) is 23.2 Å². The molecule has 32 heavy (non-hydrogen) atoms. The summed E-state index contributed by atoms with van der Waals surface area (Å²) in [6.45, 7) is 4.81. The highest BCUT2D eigenvalue weighted by Gasteiger charge is 2.29. The number of ether oxygens (including phenoxy) is 1. The second-order valence-corrected chi connectivity index (χ2v) is 9.45. The second-order valence-electron chi connectivity index (χ2n) is 8.33. The molecule has 0 radical (unpaired) electrons. The maximum absolute atomic E-state index is 12.8. The van der Waals surface area contributed by atoms with Crippen LogP contribution in [0.4, 0.5) is 19.0 Å². The lowest BCUT2D eigenvalue weighted by Crippen LogP contribution is -2.46. The van der Waals surface area contributed by atoms with Gasteiger partial charge in [-0.3, -0.25) is 4.90 Å². The minimum atomic E-state index is -4.23. The molecule has 0 aromatic carbocycles. The number of rotatable bonds is 5. The Morgan fingerprint density at radius 1 is 1.12 bits per heavy atom. The first-order chi connectivity index (χ1) is 15.4. The van der Waals surface area contributed by atoms with Crippen molar-refractivity contribution in [3.05, 3.63) is 35.2 Å². The number of fused-ring (bicyclic) bond motifs is 1. The first kappa shape index (κ1) is 21.6. The Hall–Kier alpha value is -2.24. The van der Waals surface area contributed by atoms with Gasteiger partial charge in [0.15, 0.2) is 0 Å². The molecule has 0 saturated carbocycles. The molecular formula is C21H25F3N6OS. The highest BCUT2D eigenvalue weighted by atomic mass is 32.1. The van der Waals surface area contributed by atoms with Crippen molar-refractivity contribution in [2.45, 2.75) is 44.6 Å². The summed E-state index contributed by atoms with van der Waals surface area (Å²) in [6, 6.07) is 1.59. The summed E-state index contributed by atoms with van der Waals surface area (Å²) in [5.74, 6) is 0.724. The van der Waals surface area contributed by atoms with Crippen molar-refractivity contribution in [2.75, 3.05) is 37.7 Å². The number of piperazine rings is 1. The molecule has 1 atom stereocenters. The van der Waals surface area contributed by atoms with E-state index < -0.39 is 12.6 Å². The van der Waals surface area contributed by atoms with Gasteiger partial charge in [-0.25, -0.2) is 14.6 Å². The molecule has 0 aliphatic carbocycles. The van der Waals surface area contributed by atoms with Crippen molar-refractivity contribution in [3.63, 3.8) is 0 Å². The van der Waals surface area contributed by atoms with Crippen LogP contribution in [-0.2, 0) is 17.7 Å². The summed E-state index contributed by atoms with van der Waals surface area (Å²) < 4.78 is 46.1. The van der Waals surface area contributed by atoms with Crippen LogP contribution in [0.2, 0.25) is 0 Å². The first-order valence-corrected chi connectivity index (χ1v) is 11.7. The lowest BCUT2D eigenvalue weighted by molar-refractivity contribution is -0.126. The zero-order valence-corrected chi connectivity index (χ0v) is 18.4. The summed E-state index contributed by atoms with van der Waals surface area (Å²) >= 11 is 1.09. The quantitative estimate of drug-likeness (QED) is 0.566. The molecule has 3 aromatic heterocycles. The molecule has 0 amide bonds. The molecule has 0 bridgehead atoms. The Bertz CT molecular complexity index is 1050. The fourth-order valence-corrected chi connectivity index (χ4v) is 5.38. The molecule has 5 rings (SSSR count). The molecule has 1 unspecified atom stereocenters. The first-order valence-electron chi connectivity index (χ1n) is 10.9. The van der Waals surface area contributed by atoms with E-state index in [4.69, 9.17) is 4.74 Å². The van der Waals surface area contributed by atoms with Crippen LogP contribution in [-0.4, -0.2) is 63.6 Å². The van der Waals surface area contributed by atoms with Gasteiger partial charge in [-0.15, -0.1) is 11.3 Å². The Morgan fingerprint density at radius 3 is 2.72 bits per heavy atom. The average molecular weight is 467 g/mol. The summed E-state index contributed by atoms with van der Waals surface area (Å²) in [6.07, 6.45) is 3.60. The van der Waals surface area contributed by atoms with Crippen LogP contribution in [0.25, 0.3) is 10.2 Å². The van der Waals surface area contributed by atoms with E-state index in [1.807, 2.05) is 10.9 Å². The molecule has 2 aliphatic rings. The third-order valence-corrected chi connectivity index (χ3v) is 6.96. The van der Waals surface area contributed by atoms with E-state index in [-0.39, 0.29) is 11.1 Å². The number of aromatic nitrogens is 4. The van der Waals surface area contributed by atoms with Crippen LogP contribution >= 0.6 is 11.3 Å². The molecule has 172 valence electrons. The molecule has 3 aromatic rings. The van der Waals surface area contributed by atoms with Gasteiger partial charge in [0.25, 0.3) is 0 Å². The maximum Gasteiger partial charge on any atom is 0.393 e. The molecule has 0 spiro atoms.